The van der Waals surface area contributed by atoms with Gasteiger partial charge >= 0.3 is 6.18 Å². The van der Waals surface area contributed by atoms with Crippen molar-refractivity contribution in [1.29, 1.82) is 0 Å². The minimum Gasteiger partial charge on any atom is -0.394 e. The first-order valence-corrected chi connectivity index (χ1v) is 6.85. The van der Waals surface area contributed by atoms with Crippen LogP contribution in [0.3, 0.4) is 0 Å². The third-order valence-corrected chi connectivity index (χ3v) is 3.89. The molecule has 1 atom stereocenters. The molecule has 0 fully saturated rings. The van der Waals surface area contributed by atoms with Gasteiger partial charge in [-0.15, -0.1) is 0 Å². The smallest absolute Gasteiger partial charge is 0.394 e. The summed E-state index contributed by atoms with van der Waals surface area (Å²) < 4.78 is 39.7. The van der Waals surface area contributed by atoms with E-state index in [4.69, 9.17) is 0 Å². The molecule has 1 aromatic carbocycles. The molecule has 1 aromatic heterocycles. The van der Waals surface area contributed by atoms with Crippen molar-refractivity contribution < 1.29 is 18.3 Å². The fourth-order valence-electron chi connectivity index (χ4n) is 2.83. The highest BCUT2D eigenvalue weighted by Crippen LogP contribution is 2.33. The third kappa shape index (κ3) is 2.55. The van der Waals surface area contributed by atoms with Crippen molar-refractivity contribution in [3.05, 3.63) is 41.7 Å². The fourth-order valence-corrected chi connectivity index (χ4v) is 2.83. The second-order valence-electron chi connectivity index (χ2n) is 5.25. The first-order chi connectivity index (χ1) is 10.0. The molecule has 2 heterocycles. The summed E-state index contributed by atoms with van der Waals surface area (Å²) in [5.74, 6) is 0.623. The molecular weight excluding hydrogens is 281 g/mol. The van der Waals surface area contributed by atoms with Crippen molar-refractivity contribution in [2.75, 3.05) is 6.61 Å². The van der Waals surface area contributed by atoms with Gasteiger partial charge < -0.3 is 9.67 Å². The molecular formula is C15H15F3N2O. The molecule has 0 radical (unpaired) electrons. The van der Waals surface area contributed by atoms with Crippen LogP contribution < -0.4 is 0 Å². The fraction of sp³-hybridized carbons (Fsp3) is 0.400. The number of aliphatic hydroxyl groups is 1. The van der Waals surface area contributed by atoms with Crippen LogP contribution in [-0.4, -0.2) is 21.3 Å². The molecule has 6 heteroatoms. The molecule has 112 valence electrons. The number of aliphatic hydroxyl groups excluding tert-OH is 1. The minimum absolute atomic E-state index is 0.0109. The average molecular weight is 296 g/mol. The molecule has 1 unspecified atom stereocenters. The molecule has 2 aromatic rings. The van der Waals surface area contributed by atoms with Gasteiger partial charge in [-0.05, 0) is 31.4 Å². The average Bonchev–Trinajstić information content (AvgIpc) is 2.90. The van der Waals surface area contributed by atoms with E-state index in [1.807, 2.05) is 4.57 Å². The molecule has 1 aliphatic heterocycles. The summed E-state index contributed by atoms with van der Waals surface area (Å²) in [6, 6.07) is 4.94. The van der Waals surface area contributed by atoms with E-state index in [0.29, 0.717) is 11.4 Å². The van der Waals surface area contributed by atoms with Crippen LogP contribution in [-0.2, 0) is 12.6 Å². The van der Waals surface area contributed by atoms with Gasteiger partial charge in [0.05, 0.1) is 18.2 Å². The number of rotatable bonds is 2. The molecule has 0 saturated carbocycles. The lowest BCUT2D eigenvalue weighted by atomic mass is 10.0. The lowest BCUT2D eigenvalue weighted by molar-refractivity contribution is -0.137. The Bertz CT molecular complexity index is 631. The molecule has 3 rings (SSSR count). The zero-order chi connectivity index (χ0) is 15.0. The number of nitrogens with zero attached hydrogens (tertiary/aromatic N) is 2. The number of hydrogen-bond acceptors (Lipinski definition) is 2. The van der Waals surface area contributed by atoms with Gasteiger partial charge in [-0.2, -0.15) is 13.2 Å². The number of alkyl halides is 3. The first-order valence-electron chi connectivity index (χ1n) is 6.85. The normalized spacial score (nSPS) is 18.6. The van der Waals surface area contributed by atoms with Crippen molar-refractivity contribution in [2.24, 2.45) is 0 Å². The summed E-state index contributed by atoms with van der Waals surface area (Å²) in [6.45, 7) is 0.0109. The molecule has 0 spiro atoms. The van der Waals surface area contributed by atoms with E-state index in [2.05, 4.69) is 4.98 Å². The quantitative estimate of drug-likeness (QED) is 0.922. The molecule has 0 amide bonds. The Morgan fingerprint density at radius 1 is 1.24 bits per heavy atom. The first kappa shape index (κ1) is 14.1. The van der Waals surface area contributed by atoms with Crippen molar-refractivity contribution in [1.82, 2.24) is 9.55 Å². The van der Waals surface area contributed by atoms with Crippen LogP contribution >= 0.6 is 0 Å². The molecule has 21 heavy (non-hydrogen) atoms. The topological polar surface area (TPSA) is 38.1 Å². The third-order valence-electron chi connectivity index (χ3n) is 3.89. The molecule has 3 nitrogen and oxygen atoms in total. The van der Waals surface area contributed by atoms with Crippen molar-refractivity contribution >= 4 is 0 Å². The van der Waals surface area contributed by atoms with Crippen molar-refractivity contribution in [2.45, 2.75) is 31.5 Å². The number of aromatic nitrogens is 2. The predicted molar refractivity (Wildman–Crippen MR) is 71.7 cm³/mol. The van der Waals surface area contributed by atoms with Crippen LogP contribution in [0.15, 0.2) is 30.5 Å². The number of halogens is 3. The summed E-state index contributed by atoms with van der Waals surface area (Å²) >= 11 is 0. The maximum absolute atomic E-state index is 12.6. The number of fused-ring (bicyclic) bond motifs is 1. The highest BCUT2D eigenvalue weighted by molar-refractivity contribution is 5.57. The van der Waals surface area contributed by atoms with E-state index in [0.717, 1.165) is 37.1 Å². The predicted octanol–water partition coefficient (Wildman–Crippen LogP) is 3.44. The SMILES string of the molecule is OCC1CCCc2cnc(-c3ccc(C(F)(F)F)cc3)n21. The van der Waals surface area contributed by atoms with Crippen molar-refractivity contribution in [3.8, 4) is 11.4 Å². The van der Waals surface area contributed by atoms with Gasteiger partial charge in [-0.1, -0.05) is 12.1 Å². The van der Waals surface area contributed by atoms with Gasteiger partial charge in [0, 0.05) is 17.5 Å². The van der Waals surface area contributed by atoms with Gasteiger partial charge in [0.15, 0.2) is 0 Å². The lowest BCUT2D eigenvalue weighted by Crippen LogP contribution is -2.21. The summed E-state index contributed by atoms with van der Waals surface area (Å²) in [7, 11) is 0. The molecule has 0 bridgehead atoms. The second kappa shape index (κ2) is 5.18. The van der Waals surface area contributed by atoms with E-state index in [1.54, 1.807) is 6.20 Å². The van der Waals surface area contributed by atoms with Gasteiger partial charge in [0.1, 0.15) is 5.82 Å². The van der Waals surface area contributed by atoms with E-state index in [-0.39, 0.29) is 12.6 Å². The summed E-state index contributed by atoms with van der Waals surface area (Å²) in [6.07, 6.45) is 0.133. The van der Waals surface area contributed by atoms with Gasteiger partial charge in [0.2, 0.25) is 0 Å². The second-order valence-corrected chi connectivity index (χ2v) is 5.25. The minimum atomic E-state index is -4.34. The van der Waals surface area contributed by atoms with Crippen LogP contribution in [0, 0.1) is 0 Å². The van der Waals surface area contributed by atoms with Crippen LogP contribution in [0.1, 0.15) is 30.1 Å². The van der Waals surface area contributed by atoms with E-state index >= 15 is 0 Å². The monoisotopic (exact) mass is 296 g/mol. The molecule has 1 N–H and O–H groups in total. The highest BCUT2D eigenvalue weighted by Gasteiger charge is 2.30. The number of benzene rings is 1. The summed E-state index contributed by atoms with van der Waals surface area (Å²) in [5, 5.41) is 9.48. The van der Waals surface area contributed by atoms with Crippen LogP contribution in [0.25, 0.3) is 11.4 Å². The standard InChI is InChI=1S/C15H15F3N2O/c16-15(17,18)11-6-4-10(5-7-11)14-19-8-12-2-1-3-13(9-21)20(12)14/h4-8,13,21H,1-3,9H2. The Hall–Kier alpha value is -1.82. The van der Waals surface area contributed by atoms with E-state index in [9.17, 15) is 18.3 Å². The van der Waals surface area contributed by atoms with Gasteiger partial charge in [-0.25, -0.2) is 4.98 Å². The largest absolute Gasteiger partial charge is 0.416 e. The number of imidazole rings is 1. The zero-order valence-electron chi connectivity index (χ0n) is 11.3. The summed E-state index contributed by atoms with van der Waals surface area (Å²) in [5.41, 5.74) is 0.986. The molecule has 1 aliphatic rings. The van der Waals surface area contributed by atoms with Crippen LogP contribution in [0.5, 0.6) is 0 Å². The Balaban J connectivity index is 2.00. The molecule has 0 saturated heterocycles. The Labute approximate surface area is 120 Å². The summed E-state index contributed by atoms with van der Waals surface area (Å²) in [4.78, 5) is 4.33. The highest BCUT2D eigenvalue weighted by atomic mass is 19.4. The van der Waals surface area contributed by atoms with Crippen molar-refractivity contribution in [3.63, 3.8) is 0 Å². The Morgan fingerprint density at radius 2 is 1.95 bits per heavy atom. The number of hydrogen-bond donors (Lipinski definition) is 1. The van der Waals surface area contributed by atoms with Crippen LogP contribution in [0.2, 0.25) is 0 Å². The molecule has 0 aliphatic carbocycles. The van der Waals surface area contributed by atoms with E-state index in [1.165, 1.54) is 12.1 Å². The Morgan fingerprint density at radius 3 is 2.57 bits per heavy atom. The lowest BCUT2D eigenvalue weighted by Gasteiger charge is -2.25. The zero-order valence-corrected chi connectivity index (χ0v) is 11.3. The van der Waals surface area contributed by atoms with Gasteiger partial charge in [0.25, 0.3) is 0 Å². The van der Waals surface area contributed by atoms with Gasteiger partial charge in [-0.3, -0.25) is 0 Å². The van der Waals surface area contributed by atoms with E-state index < -0.39 is 11.7 Å². The van der Waals surface area contributed by atoms with Crippen LogP contribution in [0.4, 0.5) is 13.2 Å². The number of aryl methyl sites for hydroxylation is 1. The maximum Gasteiger partial charge on any atom is 0.416 e. The Kier molecular flexibility index (Phi) is 3.49. The maximum atomic E-state index is 12.6.